The standard InChI is InChI=1S/C11H20N4O4S2/c1-2-12-6-10-7-13-15-11(10)21(18,19)14-5-9-3-4-20(16,17)8-9/h7,9,12,14H,2-6,8H2,1H3,(H,13,15). The molecule has 120 valence electrons. The molecule has 8 nitrogen and oxygen atoms in total. The van der Waals surface area contributed by atoms with Crippen molar-refractivity contribution in [3.63, 3.8) is 0 Å². The van der Waals surface area contributed by atoms with Gasteiger partial charge in [0.25, 0.3) is 10.0 Å². The minimum atomic E-state index is -3.71. The van der Waals surface area contributed by atoms with E-state index in [0.29, 0.717) is 18.5 Å². The predicted octanol–water partition coefficient (Wildman–Crippen LogP) is -0.768. The molecule has 0 amide bonds. The van der Waals surface area contributed by atoms with Crippen LogP contribution in [0.1, 0.15) is 18.9 Å². The first-order chi connectivity index (χ1) is 9.84. The molecule has 1 aromatic rings. The number of sulfone groups is 1. The van der Waals surface area contributed by atoms with E-state index in [1.165, 1.54) is 6.20 Å². The van der Waals surface area contributed by atoms with Crippen molar-refractivity contribution in [2.75, 3.05) is 24.6 Å². The molecule has 2 rings (SSSR count). The molecular weight excluding hydrogens is 316 g/mol. The lowest BCUT2D eigenvalue weighted by Gasteiger charge is -2.10. The van der Waals surface area contributed by atoms with E-state index >= 15 is 0 Å². The van der Waals surface area contributed by atoms with Crippen molar-refractivity contribution >= 4 is 19.9 Å². The normalized spacial score (nSPS) is 21.7. The average molecular weight is 336 g/mol. The van der Waals surface area contributed by atoms with Gasteiger partial charge in [-0.2, -0.15) is 5.10 Å². The van der Waals surface area contributed by atoms with Crippen LogP contribution < -0.4 is 10.0 Å². The molecule has 1 aliphatic rings. The Morgan fingerprint density at radius 1 is 1.48 bits per heavy atom. The molecule has 10 heteroatoms. The highest BCUT2D eigenvalue weighted by atomic mass is 32.2. The fraction of sp³-hybridized carbons (Fsp3) is 0.727. The fourth-order valence-corrected chi connectivity index (χ4v) is 5.35. The first-order valence-electron chi connectivity index (χ1n) is 6.77. The second-order valence-corrected chi connectivity index (χ2v) is 9.06. The number of sulfonamides is 1. The molecule has 0 radical (unpaired) electrons. The van der Waals surface area contributed by atoms with E-state index in [4.69, 9.17) is 0 Å². The van der Waals surface area contributed by atoms with Gasteiger partial charge in [0.1, 0.15) is 0 Å². The van der Waals surface area contributed by atoms with E-state index in [1.807, 2.05) is 6.92 Å². The molecule has 0 bridgehead atoms. The molecule has 1 aromatic heterocycles. The molecule has 1 fully saturated rings. The van der Waals surface area contributed by atoms with Crippen molar-refractivity contribution in [1.82, 2.24) is 20.2 Å². The summed E-state index contributed by atoms with van der Waals surface area (Å²) in [6.45, 7) is 3.17. The van der Waals surface area contributed by atoms with Crippen molar-refractivity contribution in [3.8, 4) is 0 Å². The average Bonchev–Trinajstić information content (AvgIpc) is 3.00. The third-order valence-electron chi connectivity index (χ3n) is 3.40. The minimum absolute atomic E-state index is 0.0318. The summed E-state index contributed by atoms with van der Waals surface area (Å²) in [6.07, 6.45) is 1.97. The maximum absolute atomic E-state index is 12.2. The van der Waals surface area contributed by atoms with Gasteiger partial charge < -0.3 is 5.32 Å². The van der Waals surface area contributed by atoms with E-state index in [2.05, 4.69) is 20.2 Å². The number of aromatic nitrogens is 2. The fourth-order valence-electron chi connectivity index (χ4n) is 2.25. The van der Waals surface area contributed by atoms with Gasteiger partial charge in [-0.1, -0.05) is 6.92 Å². The Morgan fingerprint density at radius 2 is 2.24 bits per heavy atom. The highest BCUT2D eigenvalue weighted by Gasteiger charge is 2.29. The quantitative estimate of drug-likeness (QED) is 0.601. The molecule has 0 aromatic carbocycles. The van der Waals surface area contributed by atoms with Crippen molar-refractivity contribution in [3.05, 3.63) is 11.8 Å². The summed E-state index contributed by atoms with van der Waals surface area (Å²) < 4.78 is 49.7. The molecular formula is C11H20N4O4S2. The number of hydrogen-bond donors (Lipinski definition) is 3. The third kappa shape index (κ3) is 4.25. The van der Waals surface area contributed by atoms with Crippen LogP contribution in [0.25, 0.3) is 0 Å². The summed E-state index contributed by atoms with van der Waals surface area (Å²) in [6, 6.07) is 0. The number of nitrogens with one attached hydrogen (secondary N) is 3. The molecule has 1 atom stereocenters. The lowest BCUT2D eigenvalue weighted by Crippen LogP contribution is -2.31. The van der Waals surface area contributed by atoms with Gasteiger partial charge in [-0.05, 0) is 18.9 Å². The zero-order valence-corrected chi connectivity index (χ0v) is 13.4. The molecule has 3 N–H and O–H groups in total. The van der Waals surface area contributed by atoms with Gasteiger partial charge in [-0.25, -0.2) is 21.6 Å². The second kappa shape index (κ2) is 6.42. The highest BCUT2D eigenvalue weighted by Crippen LogP contribution is 2.18. The Balaban J connectivity index is 2.00. The summed E-state index contributed by atoms with van der Waals surface area (Å²) >= 11 is 0. The van der Waals surface area contributed by atoms with Crippen LogP contribution in [0.3, 0.4) is 0 Å². The minimum Gasteiger partial charge on any atom is -0.313 e. The molecule has 1 unspecified atom stereocenters. The zero-order chi connectivity index (χ0) is 15.5. The van der Waals surface area contributed by atoms with E-state index in [-0.39, 0.29) is 29.0 Å². The van der Waals surface area contributed by atoms with Crippen LogP contribution in [0.15, 0.2) is 11.2 Å². The largest absolute Gasteiger partial charge is 0.313 e. The molecule has 0 saturated carbocycles. The van der Waals surface area contributed by atoms with Crippen molar-refractivity contribution in [1.29, 1.82) is 0 Å². The van der Waals surface area contributed by atoms with Gasteiger partial charge in [0, 0.05) is 18.7 Å². The van der Waals surface area contributed by atoms with Crippen LogP contribution in [0.2, 0.25) is 0 Å². The van der Waals surface area contributed by atoms with E-state index in [9.17, 15) is 16.8 Å². The summed E-state index contributed by atoms with van der Waals surface area (Å²) in [5.41, 5.74) is 0.559. The molecule has 2 heterocycles. The second-order valence-electron chi connectivity index (χ2n) is 5.13. The number of rotatable bonds is 7. The highest BCUT2D eigenvalue weighted by molar-refractivity contribution is 7.91. The molecule has 0 spiro atoms. The van der Waals surface area contributed by atoms with Gasteiger partial charge in [-0.3, -0.25) is 5.10 Å². The van der Waals surface area contributed by atoms with Crippen molar-refractivity contribution < 1.29 is 16.8 Å². The predicted molar refractivity (Wildman–Crippen MR) is 77.9 cm³/mol. The summed E-state index contributed by atoms with van der Waals surface area (Å²) in [5.74, 6) is 0.0163. The summed E-state index contributed by atoms with van der Waals surface area (Å²) in [4.78, 5) is 0. The lowest BCUT2D eigenvalue weighted by molar-refractivity contribution is 0.539. The van der Waals surface area contributed by atoms with Crippen LogP contribution in [-0.4, -0.2) is 51.6 Å². The van der Waals surface area contributed by atoms with Crippen LogP contribution in [0.5, 0.6) is 0 Å². The van der Waals surface area contributed by atoms with Crippen molar-refractivity contribution in [2.24, 2.45) is 5.92 Å². The number of hydrogen-bond acceptors (Lipinski definition) is 6. The Hall–Kier alpha value is -0.970. The van der Waals surface area contributed by atoms with Gasteiger partial charge in [0.05, 0.1) is 17.7 Å². The monoisotopic (exact) mass is 336 g/mol. The van der Waals surface area contributed by atoms with E-state index in [1.54, 1.807) is 0 Å². The van der Waals surface area contributed by atoms with E-state index in [0.717, 1.165) is 6.54 Å². The third-order valence-corrected chi connectivity index (χ3v) is 6.68. The Bertz CT molecular complexity index is 681. The topological polar surface area (TPSA) is 121 Å². The Kier molecular flexibility index (Phi) is 5.02. The first kappa shape index (κ1) is 16.4. The maximum Gasteiger partial charge on any atom is 0.257 e. The van der Waals surface area contributed by atoms with Crippen LogP contribution in [0, 0.1) is 5.92 Å². The molecule has 1 aliphatic heterocycles. The number of aromatic amines is 1. The van der Waals surface area contributed by atoms with Crippen LogP contribution >= 0.6 is 0 Å². The molecule has 21 heavy (non-hydrogen) atoms. The molecule has 1 saturated heterocycles. The van der Waals surface area contributed by atoms with Crippen LogP contribution in [0.4, 0.5) is 0 Å². The number of H-pyrrole nitrogens is 1. The van der Waals surface area contributed by atoms with Gasteiger partial charge in [0.15, 0.2) is 14.9 Å². The molecule has 0 aliphatic carbocycles. The van der Waals surface area contributed by atoms with Crippen molar-refractivity contribution in [2.45, 2.75) is 24.9 Å². The maximum atomic E-state index is 12.2. The smallest absolute Gasteiger partial charge is 0.257 e. The lowest BCUT2D eigenvalue weighted by atomic mass is 10.1. The van der Waals surface area contributed by atoms with Gasteiger partial charge in [0.2, 0.25) is 0 Å². The zero-order valence-electron chi connectivity index (χ0n) is 11.8. The summed E-state index contributed by atoms with van der Waals surface area (Å²) in [5, 5.41) is 9.32. The Labute approximate surface area is 124 Å². The Morgan fingerprint density at radius 3 is 2.86 bits per heavy atom. The first-order valence-corrected chi connectivity index (χ1v) is 10.1. The number of nitrogens with zero attached hydrogens (tertiary/aromatic N) is 1. The SMILES string of the molecule is CCNCc1cn[nH]c1S(=O)(=O)NCC1CCS(=O)(=O)C1. The van der Waals surface area contributed by atoms with Crippen LogP contribution in [-0.2, 0) is 26.4 Å². The van der Waals surface area contributed by atoms with Gasteiger partial charge >= 0.3 is 0 Å². The van der Waals surface area contributed by atoms with E-state index < -0.39 is 19.9 Å². The summed E-state index contributed by atoms with van der Waals surface area (Å²) in [7, 11) is -6.71. The van der Waals surface area contributed by atoms with Gasteiger partial charge in [-0.15, -0.1) is 0 Å².